The van der Waals surface area contributed by atoms with E-state index in [1.807, 2.05) is 0 Å². The molecule has 4 rings (SSSR count). The van der Waals surface area contributed by atoms with E-state index in [0.717, 1.165) is 31.2 Å². The molecule has 0 fully saturated rings. The molecule has 1 aliphatic carbocycles. The molecule has 3 aromatic carbocycles. The Morgan fingerprint density at radius 1 is 0.688 bits per heavy atom. The summed E-state index contributed by atoms with van der Waals surface area (Å²) in [4.78, 5) is 3.88. The largest absolute Gasteiger partial charge is 0.418 e. The van der Waals surface area contributed by atoms with E-state index in [9.17, 15) is 39.5 Å². The first-order valence-corrected chi connectivity index (χ1v) is 8.95. The van der Waals surface area contributed by atoms with Crippen LogP contribution in [0.15, 0.2) is 47.5 Å². The molecule has 32 heavy (non-hydrogen) atoms. The highest BCUT2D eigenvalue weighted by molar-refractivity contribution is 6.25. The van der Waals surface area contributed by atoms with Gasteiger partial charge in [-0.2, -0.15) is 26.3 Å². The first-order chi connectivity index (χ1) is 14.8. The molecule has 0 spiro atoms. The molecule has 0 amide bonds. The van der Waals surface area contributed by atoms with Crippen molar-refractivity contribution < 1.29 is 39.5 Å². The van der Waals surface area contributed by atoms with Gasteiger partial charge in [-0.3, -0.25) is 0 Å². The zero-order valence-electron chi connectivity index (χ0n) is 15.9. The van der Waals surface area contributed by atoms with E-state index >= 15 is 0 Å². The molecule has 0 radical (unpaired) electrons. The third-order valence-corrected chi connectivity index (χ3v) is 4.97. The van der Waals surface area contributed by atoms with Crippen LogP contribution in [0.2, 0.25) is 0 Å². The second kappa shape index (κ2) is 7.11. The molecule has 0 unspecified atom stereocenters. The molecule has 3 aromatic rings. The summed E-state index contributed by atoms with van der Waals surface area (Å²) in [6.45, 7) is 0.998. The summed E-state index contributed by atoms with van der Waals surface area (Å²) in [5.74, 6) is -2.91. The van der Waals surface area contributed by atoms with Gasteiger partial charge in [0.2, 0.25) is 0 Å². The first-order valence-electron chi connectivity index (χ1n) is 8.95. The standard InChI is InChI=1S/C22H10F9N/c1-9-4-10(21(26,27)28)5-16(22(29,30)31)19(9)32-20-14-6-11(23)2-3-13(14)18-15(20)7-12(24)8-17(18)25/h2-8H,1H3. The Hall–Kier alpha value is -3.30. The van der Waals surface area contributed by atoms with E-state index < -0.39 is 52.2 Å². The van der Waals surface area contributed by atoms with Crippen molar-refractivity contribution in [2.75, 3.05) is 0 Å². The quantitative estimate of drug-likeness (QED) is 0.260. The maximum absolute atomic E-state index is 14.5. The van der Waals surface area contributed by atoms with Crippen molar-refractivity contribution in [3.63, 3.8) is 0 Å². The number of fused-ring (bicyclic) bond motifs is 3. The van der Waals surface area contributed by atoms with Crippen molar-refractivity contribution in [3.8, 4) is 11.1 Å². The van der Waals surface area contributed by atoms with Crippen LogP contribution in [0.25, 0.3) is 11.1 Å². The van der Waals surface area contributed by atoms with E-state index in [-0.39, 0.29) is 34.0 Å². The molecule has 0 aromatic heterocycles. The van der Waals surface area contributed by atoms with Crippen LogP contribution in [-0.2, 0) is 12.4 Å². The second-order valence-corrected chi connectivity index (χ2v) is 7.15. The van der Waals surface area contributed by atoms with Crippen molar-refractivity contribution in [1.82, 2.24) is 0 Å². The topological polar surface area (TPSA) is 12.4 Å². The minimum atomic E-state index is -5.22. The van der Waals surface area contributed by atoms with Gasteiger partial charge in [-0.1, -0.05) is 6.07 Å². The molecule has 0 N–H and O–H groups in total. The van der Waals surface area contributed by atoms with Crippen molar-refractivity contribution in [1.29, 1.82) is 0 Å². The van der Waals surface area contributed by atoms with Crippen LogP contribution in [0.4, 0.5) is 45.2 Å². The number of hydrogen-bond acceptors (Lipinski definition) is 1. The van der Waals surface area contributed by atoms with Crippen molar-refractivity contribution in [2.45, 2.75) is 19.3 Å². The van der Waals surface area contributed by atoms with Gasteiger partial charge in [-0.05, 0) is 48.4 Å². The Morgan fingerprint density at radius 2 is 1.34 bits per heavy atom. The van der Waals surface area contributed by atoms with Gasteiger partial charge >= 0.3 is 12.4 Å². The Morgan fingerprint density at radius 3 is 1.97 bits per heavy atom. The highest BCUT2D eigenvalue weighted by atomic mass is 19.4. The average molecular weight is 459 g/mol. The van der Waals surface area contributed by atoms with E-state index in [1.54, 1.807) is 0 Å². The van der Waals surface area contributed by atoms with E-state index in [1.165, 1.54) is 0 Å². The van der Waals surface area contributed by atoms with Crippen LogP contribution in [0.1, 0.15) is 27.8 Å². The fourth-order valence-electron chi connectivity index (χ4n) is 3.65. The Kier molecular flexibility index (Phi) is 4.87. The predicted molar refractivity (Wildman–Crippen MR) is 98.2 cm³/mol. The van der Waals surface area contributed by atoms with Gasteiger partial charge in [0.1, 0.15) is 17.5 Å². The summed E-state index contributed by atoms with van der Waals surface area (Å²) >= 11 is 0. The van der Waals surface area contributed by atoms with Crippen LogP contribution in [0.3, 0.4) is 0 Å². The van der Waals surface area contributed by atoms with Crippen LogP contribution >= 0.6 is 0 Å². The number of benzene rings is 3. The number of hydrogen-bond donors (Lipinski definition) is 0. The summed E-state index contributed by atoms with van der Waals surface area (Å²) < 4.78 is 122. The molecule has 0 saturated heterocycles. The molecule has 1 nitrogen and oxygen atoms in total. The lowest BCUT2D eigenvalue weighted by Crippen LogP contribution is -2.12. The van der Waals surface area contributed by atoms with Gasteiger partial charge < -0.3 is 0 Å². The monoisotopic (exact) mass is 459 g/mol. The number of aryl methyl sites for hydroxylation is 1. The van der Waals surface area contributed by atoms with Gasteiger partial charge in [0.15, 0.2) is 0 Å². The van der Waals surface area contributed by atoms with Crippen molar-refractivity contribution in [2.24, 2.45) is 4.99 Å². The van der Waals surface area contributed by atoms with Crippen LogP contribution in [0.5, 0.6) is 0 Å². The maximum atomic E-state index is 14.5. The Labute approximate surface area is 174 Å². The lowest BCUT2D eigenvalue weighted by molar-refractivity contribution is -0.142. The normalized spacial score (nSPS) is 14.6. The zero-order valence-corrected chi connectivity index (χ0v) is 15.9. The minimum absolute atomic E-state index is 0.0655. The van der Waals surface area contributed by atoms with E-state index in [0.29, 0.717) is 12.1 Å². The van der Waals surface area contributed by atoms with Gasteiger partial charge in [0.25, 0.3) is 0 Å². The smallest absolute Gasteiger partial charge is 0.247 e. The highest BCUT2D eigenvalue weighted by Gasteiger charge is 2.40. The van der Waals surface area contributed by atoms with Crippen molar-refractivity contribution >= 4 is 11.4 Å². The summed E-state index contributed by atoms with van der Waals surface area (Å²) in [5.41, 5.74) is -5.42. The molecule has 0 aliphatic heterocycles. The summed E-state index contributed by atoms with van der Waals surface area (Å²) in [6.07, 6.45) is -10.3. The number of alkyl halides is 6. The zero-order chi connectivity index (χ0) is 23.6. The third kappa shape index (κ3) is 3.63. The van der Waals surface area contributed by atoms with Crippen LogP contribution in [-0.4, -0.2) is 5.71 Å². The number of aliphatic imine (C=N–C) groups is 1. The predicted octanol–water partition coefficient (Wildman–Crippen LogP) is 7.60. The maximum Gasteiger partial charge on any atom is 0.418 e. The Bertz CT molecular complexity index is 1280. The Balaban J connectivity index is 2.07. The minimum Gasteiger partial charge on any atom is -0.247 e. The molecule has 0 atom stereocenters. The molecule has 166 valence electrons. The van der Waals surface area contributed by atoms with Gasteiger partial charge in [-0.25, -0.2) is 18.2 Å². The van der Waals surface area contributed by atoms with Gasteiger partial charge in [0, 0.05) is 22.8 Å². The summed E-state index contributed by atoms with van der Waals surface area (Å²) in [6, 6.07) is 4.82. The number of rotatable bonds is 1. The molecule has 0 bridgehead atoms. The lowest BCUT2D eigenvalue weighted by Gasteiger charge is -2.17. The second-order valence-electron chi connectivity index (χ2n) is 7.15. The lowest BCUT2D eigenvalue weighted by atomic mass is 10.0. The van der Waals surface area contributed by atoms with Crippen LogP contribution < -0.4 is 0 Å². The van der Waals surface area contributed by atoms with E-state index in [2.05, 4.69) is 4.99 Å². The fraction of sp³-hybridized carbons (Fsp3) is 0.136. The summed E-state index contributed by atoms with van der Waals surface area (Å²) in [5, 5.41) is 0. The molecule has 0 saturated carbocycles. The highest BCUT2D eigenvalue weighted by Crippen LogP contribution is 2.45. The first kappa shape index (κ1) is 21.9. The molecule has 0 heterocycles. The SMILES string of the molecule is Cc1cc(C(F)(F)F)cc(C(F)(F)F)c1N=C1c2cc(F)ccc2-c2c(F)cc(F)cc21. The molecular weight excluding hydrogens is 449 g/mol. The fourth-order valence-corrected chi connectivity index (χ4v) is 3.65. The van der Waals surface area contributed by atoms with Crippen molar-refractivity contribution in [3.05, 3.63) is 87.7 Å². The third-order valence-electron chi connectivity index (χ3n) is 4.97. The molecular formula is C22H10F9N. The van der Waals surface area contributed by atoms with E-state index in [4.69, 9.17) is 0 Å². The van der Waals surface area contributed by atoms with Crippen LogP contribution in [0, 0.1) is 24.4 Å². The van der Waals surface area contributed by atoms with Gasteiger partial charge in [0.05, 0.1) is 22.5 Å². The summed E-state index contributed by atoms with van der Waals surface area (Å²) in [7, 11) is 0. The van der Waals surface area contributed by atoms with Gasteiger partial charge in [-0.15, -0.1) is 0 Å². The number of halogens is 9. The molecule has 1 aliphatic rings. The molecule has 10 heteroatoms. The number of nitrogens with zero attached hydrogens (tertiary/aromatic N) is 1. The average Bonchev–Trinajstić information content (AvgIpc) is 2.94.